The Labute approximate surface area is 92.2 Å². The molecule has 5 nitrogen and oxygen atoms in total. The number of alkyl halides is 2. The third-order valence-corrected chi connectivity index (χ3v) is 1.81. The molecular formula is C9H15F2N3O2. The quantitative estimate of drug-likeness (QED) is 0.670. The summed E-state index contributed by atoms with van der Waals surface area (Å²) in [5.41, 5.74) is 0. The summed E-state index contributed by atoms with van der Waals surface area (Å²) < 4.78 is 33.1. The minimum absolute atomic E-state index is 0.176. The molecule has 0 radical (unpaired) electrons. The second-order valence-electron chi connectivity index (χ2n) is 3.17. The minimum atomic E-state index is -2.43. The van der Waals surface area contributed by atoms with E-state index in [1.807, 2.05) is 7.05 Å². The van der Waals surface area contributed by atoms with Crippen LogP contribution in [-0.2, 0) is 17.6 Å². The summed E-state index contributed by atoms with van der Waals surface area (Å²) in [7, 11) is 1.83. The molecule has 0 atom stereocenters. The lowest BCUT2D eigenvalue weighted by atomic mass is 10.4. The summed E-state index contributed by atoms with van der Waals surface area (Å²) in [6, 6.07) is 0. The molecule has 7 heteroatoms. The highest BCUT2D eigenvalue weighted by atomic mass is 19.3. The molecule has 0 saturated carbocycles. The van der Waals surface area contributed by atoms with Crippen molar-refractivity contribution >= 4 is 0 Å². The number of nitrogens with one attached hydrogen (secondary N) is 1. The molecule has 0 aromatic carbocycles. The van der Waals surface area contributed by atoms with Crippen molar-refractivity contribution < 1.29 is 18.0 Å². The molecule has 0 aliphatic carbocycles. The number of halogens is 2. The van der Waals surface area contributed by atoms with E-state index in [4.69, 9.17) is 9.26 Å². The Morgan fingerprint density at radius 2 is 2.25 bits per heavy atom. The molecule has 0 aliphatic rings. The molecule has 0 aliphatic heterocycles. The van der Waals surface area contributed by atoms with Crippen molar-refractivity contribution in [2.75, 3.05) is 26.8 Å². The lowest BCUT2D eigenvalue weighted by Crippen LogP contribution is -2.10. The van der Waals surface area contributed by atoms with E-state index >= 15 is 0 Å². The molecule has 0 bridgehead atoms. The molecule has 0 fully saturated rings. The Morgan fingerprint density at radius 1 is 1.44 bits per heavy atom. The Hall–Kier alpha value is -1.08. The Balaban J connectivity index is 2.19. The highest BCUT2D eigenvalue weighted by Crippen LogP contribution is 2.00. The van der Waals surface area contributed by atoms with E-state index in [0.29, 0.717) is 24.6 Å². The Bertz CT molecular complexity index is 294. The zero-order valence-electron chi connectivity index (χ0n) is 9.08. The molecule has 0 saturated heterocycles. The van der Waals surface area contributed by atoms with Gasteiger partial charge in [0, 0.05) is 19.4 Å². The number of aromatic nitrogens is 2. The van der Waals surface area contributed by atoms with Crippen LogP contribution >= 0.6 is 0 Å². The van der Waals surface area contributed by atoms with Gasteiger partial charge in [0.25, 0.3) is 6.43 Å². The normalized spacial score (nSPS) is 11.2. The SMILES string of the molecule is CNCCc1nc(CCOCC(F)F)no1. The van der Waals surface area contributed by atoms with Crippen LogP contribution in [0.5, 0.6) is 0 Å². The van der Waals surface area contributed by atoms with Crippen molar-refractivity contribution in [3.63, 3.8) is 0 Å². The number of hydrogen-bond donors (Lipinski definition) is 1. The van der Waals surface area contributed by atoms with Gasteiger partial charge < -0.3 is 14.6 Å². The standard InChI is InChI=1S/C9H15F2N3O2/c1-12-4-2-9-13-8(14-16-9)3-5-15-6-7(10)11/h7,12H,2-6H2,1H3. The average molecular weight is 235 g/mol. The average Bonchev–Trinajstić information content (AvgIpc) is 2.69. The smallest absolute Gasteiger partial charge is 0.261 e. The van der Waals surface area contributed by atoms with Gasteiger partial charge >= 0.3 is 0 Å². The Morgan fingerprint density at radius 3 is 2.94 bits per heavy atom. The van der Waals surface area contributed by atoms with Crippen molar-refractivity contribution in [1.82, 2.24) is 15.5 Å². The molecular weight excluding hydrogens is 220 g/mol. The molecule has 1 aromatic rings. The molecule has 92 valence electrons. The van der Waals surface area contributed by atoms with Crippen LogP contribution in [0.25, 0.3) is 0 Å². The van der Waals surface area contributed by atoms with Crippen LogP contribution < -0.4 is 5.32 Å². The second-order valence-corrected chi connectivity index (χ2v) is 3.17. The van der Waals surface area contributed by atoms with Gasteiger partial charge in [0.1, 0.15) is 6.61 Å². The van der Waals surface area contributed by atoms with Crippen molar-refractivity contribution in [1.29, 1.82) is 0 Å². The second kappa shape index (κ2) is 7.24. The fourth-order valence-corrected chi connectivity index (χ4v) is 1.06. The van der Waals surface area contributed by atoms with Crippen molar-refractivity contribution in [2.45, 2.75) is 19.3 Å². The van der Waals surface area contributed by atoms with Crippen LogP contribution in [0.2, 0.25) is 0 Å². The first-order valence-electron chi connectivity index (χ1n) is 5.04. The first kappa shape index (κ1) is 13.0. The van der Waals surface area contributed by atoms with Gasteiger partial charge in [0.2, 0.25) is 5.89 Å². The van der Waals surface area contributed by atoms with Crippen LogP contribution in [0, 0.1) is 0 Å². The number of likely N-dealkylation sites (N-methyl/N-ethyl adjacent to an activating group) is 1. The summed E-state index contributed by atoms with van der Waals surface area (Å²) in [6.07, 6.45) is -1.39. The summed E-state index contributed by atoms with van der Waals surface area (Å²) in [5.74, 6) is 1.03. The Kier molecular flexibility index (Phi) is 5.87. The van der Waals surface area contributed by atoms with E-state index in [-0.39, 0.29) is 6.61 Å². The molecule has 1 rings (SSSR count). The lowest BCUT2D eigenvalue weighted by Gasteiger charge is -1.99. The fourth-order valence-electron chi connectivity index (χ4n) is 1.06. The van der Waals surface area contributed by atoms with Gasteiger partial charge in [-0.1, -0.05) is 5.16 Å². The molecule has 0 amide bonds. The maximum atomic E-state index is 11.7. The molecule has 1 N–H and O–H groups in total. The van der Waals surface area contributed by atoms with Gasteiger partial charge in [-0.3, -0.25) is 0 Å². The predicted octanol–water partition coefficient (Wildman–Crippen LogP) is 0.656. The largest absolute Gasteiger partial charge is 0.375 e. The van der Waals surface area contributed by atoms with Crippen LogP contribution in [0.4, 0.5) is 8.78 Å². The van der Waals surface area contributed by atoms with Gasteiger partial charge in [0.05, 0.1) is 6.61 Å². The molecule has 1 heterocycles. The van der Waals surface area contributed by atoms with E-state index in [9.17, 15) is 8.78 Å². The topological polar surface area (TPSA) is 60.2 Å². The van der Waals surface area contributed by atoms with Crippen molar-refractivity contribution in [3.8, 4) is 0 Å². The van der Waals surface area contributed by atoms with Gasteiger partial charge in [-0.2, -0.15) is 4.98 Å². The number of hydrogen-bond acceptors (Lipinski definition) is 5. The van der Waals surface area contributed by atoms with Crippen molar-refractivity contribution in [3.05, 3.63) is 11.7 Å². The van der Waals surface area contributed by atoms with Crippen LogP contribution in [0.1, 0.15) is 11.7 Å². The van der Waals surface area contributed by atoms with E-state index in [1.165, 1.54) is 0 Å². The zero-order chi connectivity index (χ0) is 11.8. The van der Waals surface area contributed by atoms with Gasteiger partial charge in [-0.15, -0.1) is 0 Å². The summed E-state index contributed by atoms with van der Waals surface area (Å²) in [5, 5.41) is 6.66. The number of ether oxygens (including phenoxy) is 1. The summed E-state index contributed by atoms with van der Waals surface area (Å²) in [6.45, 7) is 0.378. The minimum Gasteiger partial charge on any atom is -0.375 e. The maximum Gasteiger partial charge on any atom is 0.261 e. The maximum absolute atomic E-state index is 11.7. The van der Waals surface area contributed by atoms with Crippen molar-refractivity contribution in [2.24, 2.45) is 0 Å². The van der Waals surface area contributed by atoms with Gasteiger partial charge in [-0.25, -0.2) is 8.78 Å². The van der Waals surface area contributed by atoms with E-state index in [2.05, 4.69) is 15.5 Å². The number of rotatable bonds is 8. The predicted molar refractivity (Wildman–Crippen MR) is 52.5 cm³/mol. The van der Waals surface area contributed by atoms with Gasteiger partial charge in [-0.05, 0) is 7.05 Å². The number of nitrogens with zero attached hydrogens (tertiary/aromatic N) is 2. The highest BCUT2D eigenvalue weighted by molar-refractivity contribution is 4.86. The van der Waals surface area contributed by atoms with Crippen LogP contribution in [-0.4, -0.2) is 43.4 Å². The third kappa shape index (κ3) is 5.13. The fraction of sp³-hybridized carbons (Fsp3) is 0.778. The first-order chi connectivity index (χ1) is 7.72. The van der Waals surface area contributed by atoms with Gasteiger partial charge in [0.15, 0.2) is 5.82 Å². The third-order valence-electron chi connectivity index (χ3n) is 1.81. The first-order valence-corrected chi connectivity index (χ1v) is 5.04. The molecule has 0 unspecified atom stereocenters. The summed E-state index contributed by atoms with van der Waals surface area (Å²) >= 11 is 0. The zero-order valence-corrected chi connectivity index (χ0v) is 9.08. The molecule has 16 heavy (non-hydrogen) atoms. The van der Waals surface area contributed by atoms with E-state index < -0.39 is 13.0 Å². The van der Waals surface area contributed by atoms with Crippen LogP contribution in [0.3, 0.4) is 0 Å². The van der Waals surface area contributed by atoms with Crippen LogP contribution in [0.15, 0.2) is 4.52 Å². The lowest BCUT2D eigenvalue weighted by molar-refractivity contribution is 0.0182. The highest BCUT2D eigenvalue weighted by Gasteiger charge is 2.06. The van der Waals surface area contributed by atoms with E-state index in [0.717, 1.165) is 6.54 Å². The molecule has 1 aromatic heterocycles. The summed E-state index contributed by atoms with van der Waals surface area (Å²) in [4.78, 5) is 4.08. The molecule has 0 spiro atoms. The van der Waals surface area contributed by atoms with E-state index in [1.54, 1.807) is 0 Å². The monoisotopic (exact) mass is 235 g/mol.